The number of esters is 1. The van der Waals surface area contributed by atoms with Gasteiger partial charge in [-0.3, -0.25) is 14.9 Å². The second-order valence-electron chi connectivity index (χ2n) is 11.6. The molecule has 3 heterocycles. The van der Waals surface area contributed by atoms with E-state index in [1.165, 1.54) is 19.1 Å². The van der Waals surface area contributed by atoms with Crippen molar-refractivity contribution in [1.82, 2.24) is 10.6 Å². The number of rotatable bonds is 5. The van der Waals surface area contributed by atoms with E-state index in [0.29, 0.717) is 17.9 Å². The third-order valence-electron chi connectivity index (χ3n) is 8.46. The van der Waals surface area contributed by atoms with Gasteiger partial charge in [0.15, 0.2) is 5.72 Å². The van der Waals surface area contributed by atoms with Gasteiger partial charge in [-0.15, -0.1) is 0 Å². The van der Waals surface area contributed by atoms with Gasteiger partial charge in [-0.25, -0.2) is 4.79 Å². The summed E-state index contributed by atoms with van der Waals surface area (Å²) in [6, 6.07) is 3.00. The highest BCUT2D eigenvalue weighted by molar-refractivity contribution is 6.35. The first-order valence-electron chi connectivity index (χ1n) is 14.6. The summed E-state index contributed by atoms with van der Waals surface area (Å²) >= 11 is 6.67. The molecule has 1 aromatic carbocycles. The molecule has 8 atom stereocenters. The lowest BCUT2D eigenvalue weighted by molar-refractivity contribution is -0.153. The lowest BCUT2D eigenvalue weighted by atomic mass is 9.87. The summed E-state index contributed by atoms with van der Waals surface area (Å²) in [5.74, 6) is -0.923. The first-order valence-corrected chi connectivity index (χ1v) is 14.9. The van der Waals surface area contributed by atoms with Crippen molar-refractivity contribution in [3.8, 4) is 5.75 Å². The molecular formula is C31H42ClN3O9. The van der Waals surface area contributed by atoms with E-state index in [2.05, 4.69) is 10.6 Å². The average molecular weight is 636 g/mol. The maximum atomic E-state index is 13.7. The van der Waals surface area contributed by atoms with Crippen LogP contribution in [-0.2, 0) is 35.0 Å². The Hall–Kier alpha value is -3.16. The number of amides is 2. The number of allylic oxidation sites excluding steroid dienone is 3. The summed E-state index contributed by atoms with van der Waals surface area (Å²) < 4.78 is 28.5. The molecule has 0 radical (unpaired) electrons. The molecule has 2 saturated heterocycles. The lowest BCUT2D eigenvalue weighted by Crippen LogP contribution is -2.63. The Morgan fingerprint density at radius 3 is 2.66 bits per heavy atom. The molecule has 3 aliphatic rings. The number of benzene rings is 1. The van der Waals surface area contributed by atoms with E-state index >= 15 is 0 Å². The van der Waals surface area contributed by atoms with Gasteiger partial charge >= 0.3 is 12.1 Å². The van der Waals surface area contributed by atoms with Crippen LogP contribution in [0, 0.1) is 5.92 Å². The molecule has 0 aromatic heterocycles. The Kier molecular flexibility index (Phi) is 10.6. The highest BCUT2D eigenvalue weighted by Gasteiger charge is 2.56. The summed E-state index contributed by atoms with van der Waals surface area (Å²) in [7, 11) is 6.18. The van der Waals surface area contributed by atoms with Crippen molar-refractivity contribution in [2.45, 2.75) is 82.3 Å². The zero-order valence-corrected chi connectivity index (χ0v) is 26.8. The Morgan fingerprint density at radius 1 is 1.27 bits per heavy atom. The normalized spacial score (nSPS) is 33.6. The summed E-state index contributed by atoms with van der Waals surface area (Å²) in [5.41, 5.74) is 0.471. The number of anilines is 1. The number of fused-ring (bicyclic) bond motifs is 5. The Labute approximate surface area is 262 Å². The van der Waals surface area contributed by atoms with Crippen molar-refractivity contribution in [3.05, 3.63) is 46.5 Å². The highest BCUT2D eigenvalue weighted by atomic mass is 35.5. The standard InChI is InChI=1S/C31H42ClN3O9/c1-16-9-8-10-24(41-7)31(39)15-23(43-30(38)34-31)17(2)27-28(44-27)22(42-29(37)18(3)33-4)14-25(36)35(5)20-12-19(11-16)13-21(40-6)26(20)32/h8-10,12-13,17-18,22-24,27-28,33,39H,11,14-15H2,1-7H3,(H,34,38)/b10-8+,16-9+. The molecule has 12 nitrogen and oxygen atoms in total. The first-order chi connectivity index (χ1) is 20.8. The number of carbonyl (C=O) groups is 3. The highest BCUT2D eigenvalue weighted by Crippen LogP contribution is 2.41. The number of hydrogen-bond donors (Lipinski definition) is 3. The molecule has 4 rings (SSSR count). The van der Waals surface area contributed by atoms with Crippen molar-refractivity contribution in [3.63, 3.8) is 0 Å². The molecule has 1 aromatic rings. The van der Waals surface area contributed by atoms with Crippen LogP contribution in [0.1, 0.15) is 39.2 Å². The minimum Gasteiger partial charge on any atom is -0.495 e. The van der Waals surface area contributed by atoms with Gasteiger partial charge in [0.05, 0.1) is 25.3 Å². The van der Waals surface area contributed by atoms with E-state index in [0.717, 1.165) is 11.1 Å². The first kappa shape index (κ1) is 33.7. The van der Waals surface area contributed by atoms with E-state index in [1.807, 2.05) is 26.0 Å². The molecular weight excluding hydrogens is 594 g/mol. The number of nitrogens with one attached hydrogen (secondary N) is 2. The molecule has 0 saturated carbocycles. The average Bonchev–Trinajstić information content (AvgIpc) is 3.78. The van der Waals surface area contributed by atoms with E-state index in [9.17, 15) is 19.5 Å². The van der Waals surface area contributed by atoms with Crippen LogP contribution in [0.2, 0.25) is 5.02 Å². The van der Waals surface area contributed by atoms with Crippen molar-refractivity contribution in [2.24, 2.45) is 5.92 Å². The van der Waals surface area contributed by atoms with Crippen LogP contribution in [-0.4, -0.2) is 93.7 Å². The second kappa shape index (κ2) is 13.9. The maximum absolute atomic E-state index is 13.7. The Morgan fingerprint density at radius 2 is 2.00 bits per heavy atom. The van der Waals surface area contributed by atoms with Gasteiger partial charge in [-0.2, -0.15) is 0 Å². The Bertz CT molecular complexity index is 1320. The monoisotopic (exact) mass is 635 g/mol. The number of ether oxygens (including phenoxy) is 5. The van der Waals surface area contributed by atoms with E-state index < -0.39 is 60.3 Å². The number of epoxide rings is 1. The van der Waals surface area contributed by atoms with E-state index in [1.54, 1.807) is 39.2 Å². The van der Waals surface area contributed by atoms with Crippen molar-refractivity contribution in [2.75, 3.05) is 33.2 Å². The van der Waals surface area contributed by atoms with E-state index in [-0.39, 0.29) is 23.8 Å². The van der Waals surface area contributed by atoms with Crippen molar-refractivity contribution < 1.29 is 43.2 Å². The summed E-state index contributed by atoms with van der Waals surface area (Å²) in [4.78, 5) is 40.6. The molecule has 8 unspecified atom stereocenters. The van der Waals surface area contributed by atoms with Gasteiger partial charge < -0.3 is 39.0 Å². The molecule has 44 heavy (non-hydrogen) atoms. The van der Waals surface area contributed by atoms with Gasteiger partial charge in [0, 0.05) is 26.5 Å². The SMILES string of the molecule is CNC(C)C(=O)OC1CC(=O)N(C)c2cc(cc(OC)c2Cl)C/C(C)=C/C=C/C(OC)C2(O)CC(OC(=O)N2)C(C)C2OC12. The van der Waals surface area contributed by atoms with Crippen LogP contribution in [0.15, 0.2) is 35.9 Å². The fraction of sp³-hybridized carbons (Fsp3) is 0.581. The molecule has 2 fully saturated rings. The molecule has 242 valence electrons. The van der Waals surface area contributed by atoms with Crippen LogP contribution in [0.4, 0.5) is 10.5 Å². The quantitative estimate of drug-likeness (QED) is 0.326. The van der Waals surface area contributed by atoms with Crippen molar-refractivity contribution in [1.29, 1.82) is 0 Å². The van der Waals surface area contributed by atoms with Crippen LogP contribution in [0.25, 0.3) is 0 Å². The fourth-order valence-electron chi connectivity index (χ4n) is 5.60. The van der Waals surface area contributed by atoms with Crippen molar-refractivity contribution >= 4 is 35.3 Å². The van der Waals surface area contributed by atoms with Gasteiger partial charge in [-0.05, 0) is 45.0 Å². The predicted octanol–water partition coefficient (Wildman–Crippen LogP) is 2.89. The lowest BCUT2D eigenvalue weighted by Gasteiger charge is -2.41. The minimum absolute atomic E-state index is 0.00503. The molecule has 13 heteroatoms. The molecule has 0 aliphatic carbocycles. The van der Waals surface area contributed by atoms with Crippen LogP contribution in [0.3, 0.4) is 0 Å². The predicted molar refractivity (Wildman–Crippen MR) is 163 cm³/mol. The van der Waals surface area contributed by atoms with Gasteiger partial charge in [0.2, 0.25) is 5.91 Å². The van der Waals surface area contributed by atoms with Gasteiger partial charge in [0.25, 0.3) is 0 Å². The molecule has 0 spiro atoms. The fourth-order valence-corrected chi connectivity index (χ4v) is 5.91. The number of halogens is 1. The summed E-state index contributed by atoms with van der Waals surface area (Å²) in [6.45, 7) is 5.41. The number of alkyl carbamates (subject to hydrolysis) is 1. The van der Waals surface area contributed by atoms with Crippen LogP contribution >= 0.6 is 11.6 Å². The third kappa shape index (κ3) is 7.37. The number of methoxy groups -OCH3 is 2. The minimum atomic E-state index is -1.76. The zero-order valence-electron chi connectivity index (χ0n) is 26.1. The molecule has 3 N–H and O–H groups in total. The van der Waals surface area contributed by atoms with E-state index in [4.69, 9.17) is 35.3 Å². The second-order valence-corrected chi connectivity index (χ2v) is 12.0. The maximum Gasteiger partial charge on any atom is 0.409 e. The number of aliphatic hydroxyl groups is 1. The van der Waals surface area contributed by atoms with Gasteiger partial charge in [-0.1, -0.05) is 42.3 Å². The summed E-state index contributed by atoms with van der Waals surface area (Å²) in [6.07, 6.45) is 1.04. The largest absolute Gasteiger partial charge is 0.495 e. The van der Waals surface area contributed by atoms with Crippen LogP contribution in [0.5, 0.6) is 5.75 Å². The number of nitrogens with zero attached hydrogens (tertiary/aromatic N) is 1. The number of carbonyl (C=O) groups excluding carboxylic acids is 3. The number of hydrogen-bond acceptors (Lipinski definition) is 10. The number of likely N-dealkylation sites (N-methyl/N-ethyl adjacent to an activating group) is 1. The smallest absolute Gasteiger partial charge is 0.409 e. The zero-order chi connectivity index (χ0) is 32.3. The topological polar surface area (TPSA) is 148 Å². The molecule has 4 bridgehead atoms. The third-order valence-corrected chi connectivity index (χ3v) is 8.84. The molecule has 3 aliphatic heterocycles. The molecule has 2 amide bonds. The van der Waals surface area contributed by atoms with Crippen LogP contribution < -0.4 is 20.3 Å². The van der Waals surface area contributed by atoms with Gasteiger partial charge in [0.1, 0.15) is 41.2 Å². The Balaban J connectivity index is 1.76. The summed E-state index contributed by atoms with van der Waals surface area (Å²) in [5, 5.41) is 17.2.